The summed E-state index contributed by atoms with van der Waals surface area (Å²) in [5, 5.41) is 4.89. The number of hydrogen-bond acceptors (Lipinski definition) is 5. The van der Waals surface area contributed by atoms with Gasteiger partial charge in [0, 0.05) is 35.6 Å². The summed E-state index contributed by atoms with van der Waals surface area (Å²) in [5.74, 6) is -1.00. The van der Waals surface area contributed by atoms with Crippen LogP contribution < -0.4 is 15.8 Å². The van der Waals surface area contributed by atoms with E-state index in [-0.39, 0.29) is 18.9 Å². The number of carbonyl (C=O) groups is 2. The molecule has 6 heteroatoms. The third-order valence-corrected chi connectivity index (χ3v) is 5.61. The summed E-state index contributed by atoms with van der Waals surface area (Å²) in [6.07, 6.45) is 3.62. The monoisotopic (exact) mass is 453 g/mol. The van der Waals surface area contributed by atoms with Gasteiger partial charge in [-0.2, -0.15) is 0 Å². The maximum atomic E-state index is 13.1. The van der Waals surface area contributed by atoms with Crippen LogP contribution in [0.3, 0.4) is 0 Å². The number of rotatable bonds is 7. The number of anilines is 1. The first kappa shape index (κ1) is 23.1. The molecule has 1 heterocycles. The first-order valence-electron chi connectivity index (χ1n) is 11.1. The number of amides is 1. The lowest BCUT2D eigenvalue weighted by molar-refractivity contribution is -0.133. The second-order valence-corrected chi connectivity index (χ2v) is 8.40. The van der Waals surface area contributed by atoms with E-state index in [9.17, 15) is 9.59 Å². The van der Waals surface area contributed by atoms with E-state index < -0.39 is 11.9 Å². The van der Waals surface area contributed by atoms with Crippen molar-refractivity contribution >= 4 is 28.3 Å². The third-order valence-electron chi connectivity index (χ3n) is 5.61. The SMILES string of the molecule is Cc1cc(C)cc(CC(=O)Oc2ccccc2C(CN)C(=O)Nc2ccc3cnccc3c2)c1. The number of para-hydroxylation sites is 1. The third kappa shape index (κ3) is 5.47. The molecule has 0 bridgehead atoms. The van der Waals surface area contributed by atoms with Gasteiger partial charge in [-0.3, -0.25) is 14.6 Å². The van der Waals surface area contributed by atoms with Crippen LogP contribution in [0.25, 0.3) is 10.8 Å². The number of fused-ring (bicyclic) bond motifs is 1. The van der Waals surface area contributed by atoms with Gasteiger partial charge in [-0.1, -0.05) is 53.6 Å². The van der Waals surface area contributed by atoms with E-state index in [2.05, 4.69) is 16.4 Å². The Labute approximate surface area is 198 Å². The standard InChI is InChI=1S/C28H27N3O3/c1-18-11-19(2)13-20(12-18)14-27(32)34-26-6-4-3-5-24(26)25(16-29)28(33)31-23-8-7-22-17-30-10-9-21(22)15-23/h3-13,15,17,25H,14,16,29H2,1-2H3,(H,31,33). The Hall–Kier alpha value is -4.03. The van der Waals surface area contributed by atoms with E-state index in [0.717, 1.165) is 27.5 Å². The Bertz CT molecular complexity index is 1330. The van der Waals surface area contributed by atoms with Crippen molar-refractivity contribution in [3.63, 3.8) is 0 Å². The summed E-state index contributed by atoms with van der Waals surface area (Å²) in [4.78, 5) is 29.9. The van der Waals surface area contributed by atoms with Crippen LogP contribution in [0.4, 0.5) is 5.69 Å². The molecule has 1 unspecified atom stereocenters. The van der Waals surface area contributed by atoms with E-state index in [1.807, 2.05) is 50.2 Å². The summed E-state index contributed by atoms with van der Waals surface area (Å²) in [6, 6.07) is 20.5. The van der Waals surface area contributed by atoms with Crippen molar-refractivity contribution < 1.29 is 14.3 Å². The first-order chi connectivity index (χ1) is 16.4. The van der Waals surface area contributed by atoms with Crippen molar-refractivity contribution in [1.82, 2.24) is 4.98 Å². The van der Waals surface area contributed by atoms with Crippen LogP contribution in [0.5, 0.6) is 5.75 Å². The number of hydrogen-bond donors (Lipinski definition) is 2. The molecular formula is C28H27N3O3. The molecule has 6 nitrogen and oxygen atoms in total. The Kier molecular flexibility index (Phi) is 6.99. The average Bonchev–Trinajstić information content (AvgIpc) is 2.80. The Morgan fingerprint density at radius 1 is 0.971 bits per heavy atom. The van der Waals surface area contributed by atoms with Gasteiger partial charge in [0.25, 0.3) is 0 Å². The van der Waals surface area contributed by atoms with E-state index in [1.54, 1.807) is 36.7 Å². The molecule has 172 valence electrons. The maximum Gasteiger partial charge on any atom is 0.315 e. The Morgan fingerprint density at radius 3 is 2.50 bits per heavy atom. The number of carbonyl (C=O) groups excluding carboxylic acids is 2. The van der Waals surface area contributed by atoms with Crippen molar-refractivity contribution in [2.24, 2.45) is 5.73 Å². The van der Waals surface area contributed by atoms with Gasteiger partial charge in [0.2, 0.25) is 5.91 Å². The molecule has 0 saturated carbocycles. The number of nitrogens with one attached hydrogen (secondary N) is 1. The first-order valence-corrected chi connectivity index (χ1v) is 11.1. The zero-order valence-corrected chi connectivity index (χ0v) is 19.2. The lowest BCUT2D eigenvalue weighted by atomic mass is 9.97. The molecule has 0 aliphatic carbocycles. The highest BCUT2D eigenvalue weighted by molar-refractivity contribution is 5.98. The second-order valence-electron chi connectivity index (χ2n) is 8.40. The van der Waals surface area contributed by atoms with Crippen LogP contribution >= 0.6 is 0 Å². The smallest absolute Gasteiger partial charge is 0.315 e. The molecule has 0 aliphatic heterocycles. The van der Waals surface area contributed by atoms with E-state index >= 15 is 0 Å². The summed E-state index contributed by atoms with van der Waals surface area (Å²) in [7, 11) is 0. The summed E-state index contributed by atoms with van der Waals surface area (Å²) in [5.41, 5.74) is 10.3. The largest absolute Gasteiger partial charge is 0.426 e. The van der Waals surface area contributed by atoms with Crippen molar-refractivity contribution in [3.05, 3.63) is 101 Å². The lowest BCUT2D eigenvalue weighted by Crippen LogP contribution is -2.28. The van der Waals surface area contributed by atoms with Crippen LogP contribution in [0, 0.1) is 13.8 Å². The van der Waals surface area contributed by atoms with Gasteiger partial charge >= 0.3 is 5.97 Å². The molecule has 1 atom stereocenters. The number of aromatic nitrogens is 1. The van der Waals surface area contributed by atoms with Crippen LogP contribution in [-0.2, 0) is 16.0 Å². The van der Waals surface area contributed by atoms with Gasteiger partial charge in [-0.25, -0.2) is 0 Å². The number of ether oxygens (including phenoxy) is 1. The molecule has 3 N–H and O–H groups in total. The molecule has 4 aromatic rings. The fourth-order valence-corrected chi connectivity index (χ4v) is 4.12. The van der Waals surface area contributed by atoms with Crippen LogP contribution in [-0.4, -0.2) is 23.4 Å². The molecule has 0 saturated heterocycles. The van der Waals surface area contributed by atoms with E-state index in [1.165, 1.54) is 0 Å². The average molecular weight is 454 g/mol. The number of esters is 1. The van der Waals surface area contributed by atoms with Gasteiger partial charge < -0.3 is 15.8 Å². The minimum atomic E-state index is -0.682. The van der Waals surface area contributed by atoms with E-state index in [0.29, 0.717) is 17.0 Å². The van der Waals surface area contributed by atoms with Crippen LogP contribution in [0.1, 0.15) is 28.2 Å². The second kappa shape index (κ2) is 10.3. The number of nitrogens with zero attached hydrogens (tertiary/aromatic N) is 1. The van der Waals surface area contributed by atoms with E-state index in [4.69, 9.17) is 10.5 Å². The minimum absolute atomic E-state index is 0.0645. The molecule has 0 radical (unpaired) electrons. The summed E-state index contributed by atoms with van der Waals surface area (Å²) in [6.45, 7) is 4.05. The number of benzene rings is 3. The van der Waals surface area contributed by atoms with Crippen molar-refractivity contribution in [1.29, 1.82) is 0 Å². The number of aryl methyl sites for hydroxylation is 2. The molecule has 4 rings (SSSR count). The molecule has 0 fully saturated rings. The molecular weight excluding hydrogens is 426 g/mol. The van der Waals surface area contributed by atoms with Crippen molar-refractivity contribution in [2.45, 2.75) is 26.2 Å². The predicted molar refractivity (Wildman–Crippen MR) is 134 cm³/mol. The maximum absolute atomic E-state index is 13.1. The minimum Gasteiger partial charge on any atom is -0.426 e. The molecule has 3 aromatic carbocycles. The zero-order chi connectivity index (χ0) is 24.1. The van der Waals surface area contributed by atoms with Crippen molar-refractivity contribution in [2.75, 3.05) is 11.9 Å². The summed E-state index contributed by atoms with van der Waals surface area (Å²) >= 11 is 0. The van der Waals surface area contributed by atoms with Gasteiger partial charge in [0.05, 0.1) is 12.3 Å². The Balaban J connectivity index is 1.51. The highest BCUT2D eigenvalue weighted by Gasteiger charge is 2.24. The summed E-state index contributed by atoms with van der Waals surface area (Å²) < 4.78 is 5.69. The number of nitrogens with two attached hydrogens (primary N) is 1. The van der Waals surface area contributed by atoms with Crippen LogP contribution in [0.15, 0.2) is 79.1 Å². The Morgan fingerprint density at radius 2 is 1.74 bits per heavy atom. The van der Waals surface area contributed by atoms with Crippen molar-refractivity contribution in [3.8, 4) is 5.75 Å². The van der Waals surface area contributed by atoms with Gasteiger partial charge in [0.1, 0.15) is 5.75 Å². The quantitative estimate of drug-likeness (QED) is 0.313. The van der Waals surface area contributed by atoms with Crippen LogP contribution in [0.2, 0.25) is 0 Å². The lowest BCUT2D eigenvalue weighted by Gasteiger charge is -2.18. The molecule has 0 spiro atoms. The van der Waals surface area contributed by atoms with Gasteiger partial charge in [-0.05, 0) is 49.1 Å². The number of pyridine rings is 1. The molecule has 1 aromatic heterocycles. The molecule has 34 heavy (non-hydrogen) atoms. The normalized spacial score (nSPS) is 11.7. The fourth-order valence-electron chi connectivity index (χ4n) is 4.12. The molecule has 1 amide bonds. The fraction of sp³-hybridized carbons (Fsp3) is 0.179. The van der Waals surface area contributed by atoms with Gasteiger partial charge in [-0.15, -0.1) is 0 Å². The molecule has 0 aliphatic rings. The zero-order valence-electron chi connectivity index (χ0n) is 19.2. The predicted octanol–water partition coefficient (Wildman–Crippen LogP) is 4.68. The van der Waals surface area contributed by atoms with Gasteiger partial charge in [0.15, 0.2) is 0 Å². The topological polar surface area (TPSA) is 94.3 Å². The highest BCUT2D eigenvalue weighted by Crippen LogP contribution is 2.28. The highest BCUT2D eigenvalue weighted by atomic mass is 16.5.